The molecule has 0 fully saturated rings. The van der Waals surface area contributed by atoms with Crippen LogP contribution in [0.15, 0.2) is 52.7 Å². The fraction of sp³-hybridized carbons (Fsp3) is 0.182. The predicted octanol–water partition coefficient (Wildman–Crippen LogP) is 4.39. The van der Waals surface area contributed by atoms with E-state index in [1.165, 1.54) is 0 Å². The molecule has 2 aromatic heterocycles. The Labute approximate surface area is 168 Å². The largest absolute Gasteiger partial charge is 0.497 e. The lowest BCUT2D eigenvalue weighted by Gasteiger charge is -2.10. The van der Waals surface area contributed by atoms with Crippen LogP contribution in [0.4, 0.5) is 0 Å². The lowest BCUT2D eigenvalue weighted by molar-refractivity contribution is -0.117. The van der Waals surface area contributed by atoms with Gasteiger partial charge in [0.2, 0.25) is 0 Å². The molecule has 0 aliphatic carbocycles. The number of aromatic nitrogens is 1. The molecule has 0 saturated heterocycles. The Morgan fingerprint density at radius 1 is 1.29 bits per heavy atom. The summed E-state index contributed by atoms with van der Waals surface area (Å²) in [7, 11) is 1.64. The van der Waals surface area contributed by atoms with Crippen LogP contribution in [-0.4, -0.2) is 17.6 Å². The van der Waals surface area contributed by atoms with Crippen molar-refractivity contribution < 1.29 is 9.53 Å². The zero-order valence-electron chi connectivity index (χ0n) is 16.0. The highest BCUT2D eigenvalue weighted by molar-refractivity contribution is 7.07. The second-order valence-electron chi connectivity index (χ2n) is 6.34. The Balaban J connectivity index is 1.85. The minimum absolute atomic E-state index is 0.0882. The molecule has 6 heteroatoms. The molecule has 2 heterocycles. The van der Waals surface area contributed by atoms with Gasteiger partial charge in [-0.1, -0.05) is 0 Å². The Bertz CT molecular complexity index is 1040. The SMILES string of the molecule is COc1ccc(-n2c(C)cc(/C=C(/C#N)C(=O)NCc3ccsc3)c2C)cc1. The number of nitriles is 1. The van der Waals surface area contributed by atoms with Gasteiger partial charge < -0.3 is 14.6 Å². The summed E-state index contributed by atoms with van der Waals surface area (Å²) in [5, 5.41) is 16.2. The van der Waals surface area contributed by atoms with Crippen molar-refractivity contribution in [1.29, 1.82) is 5.26 Å². The van der Waals surface area contributed by atoms with E-state index >= 15 is 0 Å². The average molecular weight is 391 g/mol. The van der Waals surface area contributed by atoms with Gasteiger partial charge in [-0.15, -0.1) is 0 Å². The Morgan fingerprint density at radius 3 is 2.64 bits per heavy atom. The molecule has 3 aromatic rings. The van der Waals surface area contributed by atoms with Crippen LogP contribution in [0, 0.1) is 25.2 Å². The van der Waals surface area contributed by atoms with E-state index < -0.39 is 0 Å². The molecule has 142 valence electrons. The zero-order chi connectivity index (χ0) is 20.1. The summed E-state index contributed by atoms with van der Waals surface area (Å²) in [5.41, 5.74) is 4.93. The van der Waals surface area contributed by atoms with Gasteiger partial charge >= 0.3 is 0 Å². The van der Waals surface area contributed by atoms with Gasteiger partial charge in [-0.2, -0.15) is 16.6 Å². The Morgan fingerprint density at radius 2 is 2.04 bits per heavy atom. The number of ether oxygens (including phenoxy) is 1. The number of hydrogen-bond acceptors (Lipinski definition) is 4. The third kappa shape index (κ3) is 4.16. The quantitative estimate of drug-likeness (QED) is 0.501. The lowest BCUT2D eigenvalue weighted by Crippen LogP contribution is -2.23. The van der Waals surface area contributed by atoms with Gasteiger partial charge in [0.05, 0.1) is 7.11 Å². The minimum atomic E-state index is -0.372. The molecule has 0 bridgehead atoms. The molecular formula is C22H21N3O2S. The summed E-state index contributed by atoms with van der Waals surface area (Å²) in [4.78, 5) is 12.4. The van der Waals surface area contributed by atoms with Gasteiger partial charge in [0, 0.05) is 23.6 Å². The fourth-order valence-corrected chi connectivity index (χ4v) is 3.71. The maximum absolute atomic E-state index is 12.4. The first kappa shape index (κ1) is 19.5. The molecule has 0 saturated carbocycles. The number of aryl methyl sites for hydroxylation is 1. The van der Waals surface area contributed by atoms with E-state index in [0.29, 0.717) is 6.54 Å². The van der Waals surface area contributed by atoms with Crippen LogP contribution in [0.5, 0.6) is 5.75 Å². The topological polar surface area (TPSA) is 67.0 Å². The smallest absolute Gasteiger partial charge is 0.262 e. The number of methoxy groups -OCH3 is 1. The highest BCUT2D eigenvalue weighted by Gasteiger charge is 2.14. The highest BCUT2D eigenvalue weighted by Crippen LogP contribution is 2.24. The van der Waals surface area contributed by atoms with E-state index in [0.717, 1.165) is 34.0 Å². The highest BCUT2D eigenvalue weighted by atomic mass is 32.1. The normalized spacial score (nSPS) is 11.1. The van der Waals surface area contributed by atoms with Crippen LogP contribution < -0.4 is 10.1 Å². The van der Waals surface area contributed by atoms with Crippen molar-refractivity contribution >= 4 is 23.3 Å². The lowest BCUT2D eigenvalue weighted by atomic mass is 10.1. The van der Waals surface area contributed by atoms with Gasteiger partial charge in [-0.3, -0.25) is 4.79 Å². The molecule has 1 N–H and O–H groups in total. The maximum atomic E-state index is 12.4. The van der Waals surface area contributed by atoms with Crippen molar-refractivity contribution in [3.8, 4) is 17.5 Å². The van der Waals surface area contributed by atoms with Crippen molar-refractivity contribution in [3.05, 3.63) is 75.2 Å². The van der Waals surface area contributed by atoms with E-state index in [9.17, 15) is 10.1 Å². The maximum Gasteiger partial charge on any atom is 0.262 e. The molecule has 1 amide bonds. The van der Waals surface area contributed by atoms with Crippen LogP contribution in [0.3, 0.4) is 0 Å². The standard InChI is InChI=1S/C22H21N3O2S/c1-15-10-18(16(2)25(15)20-4-6-21(27-3)7-5-20)11-19(12-23)22(26)24-13-17-8-9-28-14-17/h4-11,14H,13H2,1-3H3,(H,24,26)/b19-11-. The number of carbonyl (C=O) groups excluding carboxylic acids is 1. The summed E-state index contributed by atoms with van der Waals surface area (Å²) in [5.74, 6) is 0.420. The molecule has 0 aliphatic heterocycles. The molecule has 0 atom stereocenters. The van der Waals surface area contributed by atoms with Crippen LogP contribution in [-0.2, 0) is 11.3 Å². The number of amides is 1. The summed E-state index contributed by atoms with van der Waals surface area (Å²) in [6, 6.07) is 13.7. The van der Waals surface area contributed by atoms with Gasteiger partial charge in [0.25, 0.3) is 5.91 Å². The number of carbonyl (C=O) groups is 1. The zero-order valence-corrected chi connectivity index (χ0v) is 16.8. The summed E-state index contributed by atoms with van der Waals surface area (Å²) >= 11 is 1.57. The number of nitrogens with zero attached hydrogens (tertiary/aromatic N) is 2. The third-order valence-electron chi connectivity index (χ3n) is 4.50. The molecule has 5 nitrogen and oxygen atoms in total. The number of thiophene rings is 1. The van der Waals surface area contributed by atoms with Crippen molar-refractivity contribution in [2.75, 3.05) is 7.11 Å². The van der Waals surface area contributed by atoms with Crippen molar-refractivity contribution in [2.24, 2.45) is 0 Å². The predicted molar refractivity (Wildman–Crippen MR) is 112 cm³/mol. The van der Waals surface area contributed by atoms with Crippen molar-refractivity contribution in [2.45, 2.75) is 20.4 Å². The third-order valence-corrected chi connectivity index (χ3v) is 5.23. The monoisotopic (exact) mass is 391 g/mol. The number of benzene rings is 1. The van der Waals surface area contributed by atoms with Crippen molar-refractivity contribution in [1.82, 2.24) is 9.88 Å². The van der Waals surface area contributed by atoms with Crippen LogP contribution in [0.2, 0.25) is 0 Å². The second-order valence-corrected chi connectivity index (χ2v) is 7.12. The number of hydrogen-bond donors (Lipinski definition) is 1. The summed E-state index contributed by atoms with van der Waals surface area (Å²) in [6.07, 6.45) is 1.64. The molecule has 1 aromatic carbocycles. The molecule has 0 radical (unpaired) electrons. The fourth-order valence-electron chi connectivity index (χ4n) is 3.04. The van der Waals surface area contributed by atoms with Gasteiger partial charge in [-0.05, 0) is 78.2 Å². The molecule has 0 aliphatic rings. The van der Waals surface area contributed by atoms with E-state index in [1.54, 1.807) is 24.5 Å². The Hall–Kier alpha value is -3.30. The first-order chi connectivity index (χ1) is 13.5. The van der Waals surface area contributed by atoms with E-state index in [2.05, 4.69) is 9.88 Å². The molecule has 3 rings (SSSR count). The first-order valence-corrected chi connectivity index (χ1v) is 9.72. The summed E-state index contributed by atoms with van der Waals surface area (Å²) < 4.78 is 7.30. The van der Waals surface area contributed by atoms with E-state index in [1.807, 2.05) is 67.1 Å². The van der Waals surface area contributed by atoms with Crippen LogP contribution in [0.1, 0.15) is 22.5 Å². The summed E-state index contributed by atoms with van der Waals surface area (Å²) in [6.45, 7) is 4.38. The molecular weight excluding hydrogens is 370 g/mol. The molecule has 0 unspecified atom stereocenters. The van der Waals surface area contributed by atoms with Gasteiger partial charge in [0.1, 0.15) is 17.4 Å². The number of rotatable bonds is 6. The van der Waals surface area contributed by atoms with E-state index in [-0.39, 0.29) is 11.5 Å². The molecule has 28 heavy (non-hydrogen) atoms. The molecule has 0 spiro atoms. The van der Waals surface area contributed by atoms with Crippen LogP contribution >= 0.6 is 11.3 Å². The minimum Gasteiger partial charge on any atom is -0.497 e. The number of nitrogens with one attached hydrogen (secondary N) is 1. The van der Waals surface area contributed by atoms with Gasteiger partial charge in [0.15, 0.2) is 0 Å². The average Bonchev–Trinajstić information content (AvgIpc) is 3.32. The first-order valence-electron chi connectivity index (χ1n) is 8.78. The van der Waals surface area contributed by atoms with Gasteiger partial charge in [-0.25, -0.2) is 0 Å². The second kappa shape index (κ2) is 8.59. The van der Waals surface area contributed by atoms with E-state index in [4.69, 9.17) is 4.74 Å². The van der Waals surface area contributed by atoms with Crippen molar-refractivity contribution in [3.63, 3.8) is 0 Å². The Kier molecular flexibility index (Phi) is 5.97. The van der Waals surface area contributed by atoms with Crippen LogP contribution in [0.25, 0.3) is 11.8 Å².